The van der Waals surface area contributed by atoms with Crippen molar-refractivity contribution in [3.63, 3.8) is 0 Å². The lowest BCUT2D eigenvalue weighted by molar-refractivity contribution is -0.389. The van der Waals surface area contributed by atoms with Gasteiger partial charge in [-0.05, 0) is 9.91 Å². The monoisotopic (exact) mass is 329 g/mol. The highest BCUT2D eigenvalue weighted by Crippen LogP contribution is 2.32. The number of ether oxygens (including phenoxy) is 1. The molecule has 0 bridgehead atoms. The lowest BCUT2D eigenvalue weighted by atomic mass is 10.1. The van der Waals surface area contributed by atoms with Gasteiger partial charge in [0.2, 0.25) is 17.9 Å². The fourth-order valence-electron chi connectivity index (χ4n) is 2.46. The Morgan fingerprint density at radius 2 is 2.26 bits per heavy atom. The van der Waals surface area contributed by atoms with Gasteiger partial charge in [0.25, 0.3) is 5.91 Å². The molecule has 12 heteroatoms. The lowest BCUT2D eigenvalue weighted by Gasteiger charge is -2.19. The van der Waals surface area contributed by atoms with Gasteiger partial charge in [0.05, 0.1) is 12.6 Å². The Labute approximate surface area is 129 Å². The van der Waals surface area contributed by atoms with E-state index in [1.54, 1.807) is 0 Å². The van der Waals surface area contributed by atoms with Crippen LogP contribution in [0.1, 0.15) is 23.6 Å². The third-order valence-corrected chi connectivity index (χ3v) is 3.38. The third-order valence-electron chi connectivity index (χ3n) is 3.38. The zero-order chi connectivity index (χ0) is 17.3. The van der Waals surface area contributed by atoms with Crippen LogP contribution >= 0.6 is 0 Å². The number of hydrogen-bond acceptors (Lipinski definition) is 8. The van der Waals surface area contributed by atoms with Crippen molar-refractivity contribution in [3.8, 4) is 0 Å². The summed E-state index contributed by atoms with van der Waals surface area (Å²) in [4.78, 5) is 36.1. The average molecular weight is 329 g/mol. The highest BCUT2D eigenvalue weighted by Gasteiger charge is 2.47. The smallest absolute Gasteiger partial charge is 0.394 e. The standard InChI is InChI=1S/C11H15N5O7/c1-4(18)14-6-5(2-17)23-11(8(6)19)15-3-13-10(16(21)22)7(15)9(12)20/h3,5-6,8,11,17,19H,2H2,1H3,(H2,12,20)(H,14,18). The molecule has 2 rings (SSSR count). The molecule has 1 aliphatic heterocycles. The van der Waals surface area contributed by atoms with E-state index < -0.39 is 59.3 Å². The van der Waals surface area contributed by atoms with Crippen molar-refractivity contribution < 1.29 is 29.5 Å². The van der Waals surface area contributed by atoms with E-state index in [-0.39, 0.29) is 0 Å². The Morgan fingerprint density at radius 1 is 1.61 bits per heavy atom. The number of aromatic nitrogens is 2. The summed E-state index contributed by atoms with van der Waals surface area (Å²) in [7, 11) is 0. The van der Waals surface area contributed by atoms with Gasteiger partial charge in [0.15, 0.2) is 6.23 Å². The molecule has 1 saturated heterocycles. The summed E-state index contributed by atoms with van der Waals surface area (Å²) in [6, 6.07) is -0.968. The first-order valence-corrected chi connectivity index (χ1v) is 6.50. The molecule has 126 valence electrons. The molecule has 0 spiro atoms. The highest BCUT2D eigenvalue weighted by molar-refractivity contribution is 5.94. The molecule has 4 atom stereocenters. The Morgan fingerprint density at radius 3 is 2.74 bits per heavy atom. The van der Waals surface area contributed by atoms with Gasteiger partial charge in [-0.2, -0.15) is 0 Å². The van der Waals surface area contributed by atoms with Crippen molar-refractivity contribution in [1.82, 2.24) is 14.9 Å². The van der Waals surface area contributed by atoms with Crippen molar-refractivity contribution in [2.75, 3.05) is 6.61 Å². The van der Waals surface area contributed by atoms with Crippen LogP contribution in [0.25, 0.3) is 0 Å². The number of primary amides is 1. The number of carbonyl (C=O) groups excluding carboxylic acids is 2. The summed E-state index contributed by atoms with van der Waals surface area (Å²) < 4.78 is 6.30. The summed E-state index contributed by atoms with van der Waals surface area (Å²) in [5.74, 6) is -2.38. The minimum atomic E-state index is -1.39. The summed E-state index contributed by atoms with van der Waals surface area (Å²) in [6.45, 7) is 0.687. The molecule has 1 fully saturated rings. The van der Waals surface area contributed by atoms with Gasteiger partial charge in [-0.15, -0.1) is 0 Å². The number of rotatable bonds is 5. The Hall–Kier alpha value is -2.57. The number of imidazole rings is 1. The lowest BCUT2D eigenvalue weighted by Crippen LogP contribution is -2.47. The molecule has 0 aromatic carbocycles. The summed E-state index contributed by atoms with van der Waals surface area (Å²) in [5.41, 5.74) is 4.58. The summed E-state index contributed by atoms with van der Waals surface area (Å²) in [6.07, 6.45) is -2.71. The minimum absolute atomic E-state index is 0.469. The second-order valence-electron chi connectivity index (χ2n) is 4.91. The predicted octanol–water partition coefficient (Wildman–Crippen LogP) is -2.35. The normalized spacial score (nSPS) is 26.9. The number of nitrogens with one attached hydrogen (secondary N) is 1. The molecule has 1 aromatic heterocycles. The number of hydrogen-bond donors (Lipinski definition) is 4. The van der Waals surface area contributed by atoms with Gasteiger partial charge in [-0.25, -0.2) is 0 Å². The van der Waals surface area contributed by atoms with Crippen LogP contribution in [0.4, 0.5) is 5.82 Å². The quantitative estimate of drug-likeness (QED) is 0.341. The Bertz CT molecular complexity index is 645. The molecule has 0 aliphatic carbocycles. The van der Waals surface area contributed by atoms with Gasteiger partial charge in [-0.3, -0.25) is 14.2 Å². The number of aliphatic hydroxyl groups excluding tert-OH is 2. The van der Waals surface area contributed by atoms with Crippen molar-refractivity contribution in [1.29, 1.82) is 0 Å². The van der Waals surface area contributed by atoms with Crippen LogP contribution in [0.15, 0.2) is 6.33 Å². The molecular formula is C11H15N5O7. The molecular weight excluding hydrogens is 314 g/mol. The van der Waals surface area contributed by atoms with Crippen molar-refractivity contribution >= 4 is 17.6 Å². The topological polar surface area (TPSA) is 183 Å². The fourth-order valence-corrected chi connectivity index (χ4v) is 2.46. The number of carbonyl (C=O) groups is 2. The number of nitrogens with zero attached hydrogens (tertiary/aromatic N) is 3. The van der Waals surface area contributed by atoms with Gasteiger partial charge in [0.1, 0.15) is 12.2 Å². The first-order valence-electron chi connectivity index (χ1n) is 6.50. The van der Waals surface area contributed by atoms with E-state index in [0.717, 1.165) is 10.9 Å². The maximum Gasteiger partial charge on any atom is 0.395 e. The molecule has 2 amide bonds. The van der Waals surface area contributed by atoms with Gasteiger partial charge in [0, 0.05) is 6.92 Å². The number of aliphatic hydroxyl groups is 2. The number of amides is 2. The Kier molecular flexibility index (Phi) is 4.58. The van der Waals surface area contributed by atoms with E-state index in [0.29, 0.717) is 0 Å². The van der Waals surface area contributed by atoms with Crippen LogP contribution in [-0.2, 0) is 9.53 Å². The maximum atomic E-state index is 11.5. The number of nitro groups is 1. The molecule has 1 aromatic rings. The average Bonchev–Trinajstić information content (AvgIpc) is 3.01. The maximum absolute atomic E-state index is 11.5. The van der Waals surface area contributed by atoms with Crippen LogP contribution in [0.2, 0.25) is 0 Å². The van der Waals surface area contributed by atoms with Crippen LogP contribution in [0.5, 0.6) is 0 Å². The molecule has 2 heterocycles. The van der Waals surface area contributed by atoms with Crippen molar-refractivity contribution in [3.05, 3.63) is 22.1 Å². The van der Waals surface area contributed by atoms with Crippen LogP contribution in [-0.4, -0.2) is 61.4 Å². The minimum Gasteiger partial charge on any atom is -0.394 e. The van der Waals surface area contributed by atoms with Gasteiger partial charge < -0.3 is 36.1 Å². The second kappa shape index (κ2) is 6.28. The number of nitrogens with two attached hydrogens (primary N) is 1. The zero-order valence-corrected chi connectivity index (χ0v) is 11.9. The van der Waals surface area contributed by atoms with Gasteiger partial charge in [-0.1, -0.05) is 0 Å². The van der Waals surface area contributed by atoms with Crippen LogP contribution < -0.4 is 11.1 Å². The molecule has 0 saturated carbocycles. The largest absolute Gasteiger partial charge is 0.395 e. The van der Waals surface area contributed by atoms with E-state index in [2.05, 4.69) is 10.3 Å². The second-order valence-corrected chi connectivity index (χ2v) is 4.91. The molecule has 1 aliphatic rings. The third kappa shape index (κ3) is 2.99. The van der Waals surface area contributed by atoms with Crippen molar-refractivity contribution in [2.45, 2.75) is 31.4 Å². The van der Waals surface area contributed by atoms with Crippen molar-refractivity contribution in [2.24, 2.45) is 5.73 Å². The van der Waals surface area contributed by atoms with E-state index in [4.69, 9.17) is 10.5 Å². The first kappa shape index (κ1) is 16.8. The molecule has 0 radical (unpaired) electrons. The van der Waals surface area contributed by atoms with Gasteiger partial charge >= 0.3 is 5.82 Å². The summed E-state index contributed by atoms with van der Waals surface area (Å²) >= 11 is 0. The fraction of sp³-hybridized carbons (Fsp3) is 0.545. The van der Waals surface area contributed by atoms with E-state index >= 15 is 0 Å². The molecule has 12 nitrogen and oxygen atoms in total. The summed E-state index contributed by atoms with van der Waals surface area (Å²) in [5, 5.41) is 32.9. The molecule has 23 heavy (non-hydrogen) atoms. The van der Waals surface area contributed by atoms with Crippen LogP contribution in [0, 0.1) is 10.1 Å². The Balaban J connectivity index is 2.41. The SMILES string of the molecule is CC(=O)NC1C(CO)OC(n2cnc([N+](=O)[O-])c2C(N)=O)C1O. The van der Waals surface area contributed by atoms with E-state index in [1.807, 2.05) is 0 Å². The molecule has 5 N–H and O–H groups in total. The molecule has 4 unspecified atom stereocenters. The first-order chi connectivity index (χ1) is 10.8. The van der Waals surface area contributed by atoms with E-state index in [1.165, 1.54) is 6.92 Å². The van der Waals surface area contributed by atoms with Crippen LogP contribution in [0.3, 0.4) is 0 Å². The predicted molar refractivity (Wildman–Crippen MR) is 72.0 cm³/mol. The van der Waals surface area contributed by atoms with E-state index in [9.17, 15) is 29.9 Å². The zero-order valence-electron chi connectivity index (χ0n) is 11.9. The highest BCUT2D eigenvalue weighted by atomic mass is 16.6.